The van der Waals surface area contributed by atoms with E-state index >= 15 is 0 Å². The fourth-order valence-corrected chi connectivity index (χ4v) is 3.59. The predicted octanol–water partition coefficient (Wildman–Crippen LogP) is 3.82. The number of benzene rings is 1. The monoisotopic (exact) mass is 360 g/mol. The van der Waals surface area contributed by atoms with Crippen LogP contribution in [0.5, 0.6) is 0 Å². The van der Waals surface area contributed by atoms with Crippen LogP contribution in [0.4, 0.5) is 4.79 Å². The second-order valence-corrected chi connectivity index (χ2v) is 7.89. The Morgan fingerprint density at radius 2 is 1.62 bits per heavy atom. The van der Waals surface area contributed by atoms with Gasteiger partial charge in [-0.05, 0) is 53.0 Å². The van der Waals surface area contributed by atoms with Crippen LogP contribution in [0.25, 0.3) is 0 Å². The molecule has 2 amide bonds. The minimum absolute atomic E-state index is 0.164. The summed E-state index contributed by atoms with van der Waals surface area (Å²) in [6.07, 6.45) is 0.937. The predicted molar refractivity (Wildman–Crippen MR) is 103 cm³/mol. The molecule has 0 unspecified atom stereocenters. The quantitative estimate of drug-likeness (QED) is 0.820. The van der Waals surface area contributed by atoms with Gasteiger partial charge in [-0.25, -0.2) is 4.79 Å². The molecule has 1 aromatic rings. The normalized spacial score (nSPS) is 16.9. The smallest absolute Gasteiger partial charge is 0.410 e. The zero-order valence-corrected chi connectivity index (χ0v) is 16.7. The maximum atomic E-state index is 13.4. The molecule has 1 saturated heterocycles. The molecule has 5 nitrogen and oxygen atoms in total. The van der Waals surface area contributed by atoms with E-state index in [9.17, 15) is 9.59 Å². The van der Waals surface area contributed by atoms with Crippen molar-refractivity contribution in [3.8, 4) is 0 Å². The molecule has 1 aliphatic rings. The lowest BCUT2D eigenvalue weighted by Gasteiger charge is -2.43. The fraction of sp³-hybridized carbons (Fsp3) is 0.619. The van der Waals surface area contributed by atoms with Gasteiger partial charge in [0.2, 0.25) is 5.91 Å². The Bertz CT molecular complexity index is 610. The summed E-state index contributed by atoms with van der Waals surface area (Å²) >= 11 is 0. The third-order valence-corrected chi connectivity index (χ3v) is 5.06. The molecule has 0 radical (unpaired) electrons. The molecule has 0 atom stereocenters. The number of amides is 2. The summed E-state index contributed by atoms with van der Waals surface area (Å²) in [5, 5.41) is 0. The van der Waals surface area contributed by atoms with Gasteiger partial charge in [0.15, 0.2) is 0 Å². The molecule has 2 rings (SSSR count). The molecule has 0 N–H and O–H groups in total. The Labute approximate surface area is 157 Å². The molecule has 0 spiro atoms. The highest BCUT2D eigenvalue weighted by atomic mass is 16.6. The van der Waals surface area contributed by atoms with E-state index in [2.05, 4.69) is 0 Å². The maximum Gasteiger partial charge on any atom is 0.410 e. The van der Waals surface area contributed by atoms with Crippen molar-refractivity contribution >= 4 is 12.0 Å². The first kappa shape index (κ1) is 20.3. The topological polar surface area (TPSA) is 49.9 Å². The first-order valence-electron chi connectivity index (χ1n) is 9.56. The lowest BCUT2D eigenvalue weighted by molar-refractivity contribution is -0.139. The molecule has 0 aromatic heterocycles. The van der Waals surface area contributed by atoms with Gasteiger partial charge in [-0.1, -0.05) is 30.3 Å². The summed E-state index contributed by atoms with van der Waals surface area (Å²) in [5.74, 6) is 0.164. The first-order chi connectivity index (χ1) is 12.2. The SMILES string of the molecule is CCN(CC)C(=O)C1(c2ccccc2)CCN(C(=O)OC(C)(C)C)CC1. The Kier molecular flexibility index (Phi) is 6.32. The molecule has 0 bridgehead atoms. The third-order valence-electron chi connectivity index (χ3n) is 5.06. The van der Waals surface area contributed by atoms with Gasteiger partial charge in [0.25, 0.3) is 0 Å². The van der Waals surface area contributed by atoms with Crippen LogP contribution in [0, 0.1) is 0 Å². The van der Waals surface area contributed by atoms with Crippen LogP contribution in [0.15, 0.2) is 30.3 Å². The van der Waals surface area contributed by atoms with Gasteiger partial charge >= 0.3 is 6.09 Å². The summed E-state index contributed by atoms with van der Waals surface area (Å²) in [7, 11) is 0. The molecular weight excluding hydrogens is 328 g/mol. The summed E-state index contributed by atoms with van der Waals surface area (Å²) in [6, 6.07) is 9.99. The van der Waals surface area contributed by atoms with Gasteiger partial charge in [-0.2, -0.15) is 0 Å². The van der Waals surface area contributed by atoms with Crippen molar-refractivity contribution in [2.45, 2.75) is 58.5 Å². The van der Waals surface area contributed by atoms with Crippen molar-refractivity contribution in [1.29, 1.82) is 0 Å². The number of nitrogens with zero attached hydrogens (tertiary/aromatic N) is 2. The zero-order valence-electron chi connectivity index (χ0n) is 16.7. The van der Waals surface area contributed by atoms with Crippen LogP contribution < -0.4 is 0 Å². The minimum atomic E-state index is -0.564. The number of hydrogen-bond donors (Lipinski definition) is 0. The standard InChI is InChI=1S/C21H32N2O3/c1-6-22(7-2)18(24)21(17-11-9-8-10-12-17)13-15-23(16-14-21)19(25)26-20(3,4)5/h8-12H,6-7,13-16H2,1-5H3. The van der Waals surface area contributed by atoms with E-state index in [1.54, 1.807) is 4.90 Å². The van der Waals surface area contributed by atoms with E-state index in [1.807, 2.05) is 69.9 Å². The maximum absolute atomic E-state index is 13.4. The van der Waals surface area contributed by atoms with Crippen LogP contribution >= 0.6 is 0 Å². The first-order valence-corrected chi connectivity index (χ1v) is 9.56. The number of piperidine rings is 1. The number of carbonyl (C=O) groups excluding carboxylic acids is 2. The second kappa shape index (κ2) is 8.11. The van der Waals surface area contributed by atoms with E-state index in [0.29, 0.717) is 39.0 Å². The molecule has 26 heavy (non-hydrogen) atoms. The van der Waals surface area contributed by atoms with Crippen molar-refractivity contribution in [2.75, 3.05) is 26.2 Å². The summed E-state index contributed by atoms with van der Waals surface area (Å²) in [5.41, 5.74) is -0.0332. The van der Waals surface area contributed by atoms with Crippen LogP contribution in [-0.2, 0) is 14.9 Å². The molecule has 1 heterocycles. The summed E-state index contributed by atoms with van der Waals surface area (Å²) in [4.78, 5) is 29.4. The van der Waals surface area contributed by atoms with Crippen molar-refractivity contribution in [2.24, 2.45) is 0 Å². The van der Waals surface area contributed by atoms with Gasteiger partial charge in [0.05, 0.1) is 5.41 Å². The Morgan fingerprint density at radius 1 is 1.08 bits per heavy atom. The van der Waals surface area contributed by atoms with Crippen molar-refractivity contribution < 1.29 is 14.3 Å². The van der Waals surface area contributed by atoms with Crippen LogP contribution in [0.1, 0.15) is 53.0 Å². The zero-order chi connectivity index (χ0) is 19.4. The van der Waals surface area contributed by atoms with Crippen LogP contribution in [0.3, 0.4) is 0 Å². The molecular formula is C21H32N2O3. The van der Waals surface area contributed by atoms with E-state index < -0.39 is 11.0 Å². The summed E-state index contributed by atoms with van der Waals surface area (Å²) in [6.45, 7) is 12.1. The minimum Gasteiger partial charge on any atom is -0.444 e. The molecule has 1 fully saturated rings. The number of hydrogen-bond acceptors (Lipinski definition) is 3. The number of likely N-dealkylation sites (N-methyl/N-ethyl adjacent to an activating group) is 1. The van der Waals surface area contributed by atoms with Crippen LogP contribution in [0.2, 0.25) is 0 Å². The van der Waals surface area contributed by atoms with Crippen molar-refractivity contribution in [3.63, 3.8) is 0 Å². The Balaban J connectivity index is 2.24. The van der Waals surface area contributed by atoms with E-state index in [4.69, 9.17) is 4.74 Å². The number of ether oxygens (including phenoxy) is 1. The molecule has 1 aliphatic heterocycles. The molecule has 0 saturated carbocycles. The van der Waals surface area contributed by atoms with Crippen molar-refractivity contribution in [1.82, 2.24) is 9.80 Å². The summed E-state index contributed by atoms with van der Waals surface area (Å²) < 4.78 is 5.49. The number of rotatable bonds is 4. The third kappa shape index (κ3) is 4.37. The van der Waals surface area contributed by atoms with Gasteiger partial charge in [0, 0.05) is 26.2 Å². The number of carbonyl (C=O) groups is 2. The highest BCUT2D eigenvalue weighted by Gasteiger charge is 2.45. The largest absolute Gasteiger partial charge is 0.444 e. The fourth-order valence-electron chi connectivity index (χ4n) is 3.59. The Morgan fingerprint density at radius 3 is 2.08 bits per heavy atom. The van der Waals surface area contributed by atoms with E-state index in [1.165, 1.54) is 0 Å². The van der Waals surface area contributed by atoms with E-state index in [0.717, 1.165) is 5.56 Å². The Hall–Kier alpha value is -2.04. The van der Waals surface area contributed by atoms with Crippen molar-refractivity contribution in [3.05, 3.63) is 35.9 Å². The van der Waals surface area contributed by atoms with Crippen LogP contribution in [-0.4, -0.2) is 53.6 Å². The second-order valence-electron chi connectivity index (χ2n) is 7.89. The average Bonchev–Trinajstić information content (AvgIpc) is 2.62. The number of likely N-dealkylation sites (tertiary alicyclic amines) is 1. The van der Waals surface area contributed by atoms with Gasteiger partial charge < -0.3 is 14.5 Å². The molecule has 0 aliphatic carbocycles. The lowest BCUT2D eigenvalue weighted by Crippen LogP contribution is -2.54. The van der Waals surface area contributed by atoms with Gasteiger partial charge in [-0.15, -0.1) is 0 Å². The lowest BCUT2D eigenvalue weighted by atomic mass is 9.71. The molecule has 144 valence electrons. The van der Waals surface area contributed by atoms with Gasteiger partial charge in [-0.3, -0.25) is 4.79 Å². The average molecular weight is 360 g/mol. The van der Waals surface area contributed by atoms with E-state index in [-0.39, 0.29) is 12.0 Å². The molecule has 5 heteroatoms. The molecule has 1 aromatic carbocycles. The van der Waals surface area contributed by atoms with Gasteiger partial charge in [0.1, 0.15) is 5.60 Å². The highest BCUT2D eigenvalue weighted by Crippen LogP contribution is 2.37. The highest BCUT2D eigenvalue weighted by molar-refractivity contribution is 5.88.